The number of sulfonamides is 1. The van der Waals surface area contributed by atoms with Crippen LogP contribution in [0.1, 0.15) is 33.6 Å². The van der Waals surface area contributed by atoms with Crippen LogP contribution in [0.15, 0.2) is 53.4 Å². The predicted octanol–water partition coefficient (Wildman–Crippen LogP) is 4.53. The molecule has 1 aliphatic carbocycles. The molecule has 0 saturated carbocycles. The number of fused-ring (bicyclic) bond motifs is 1. The topological polar surface area (TPSA) is 92.8 Å². The number of hydrogen-bond donors (Lipinski definition) is 1. The van der Waals surface area contributed by atoms with Crippen molar-refractivity contribution in [1.29, 1.82) is 0 Å². The molecule has 1 aromatic heterocycles. The van der Waals surface area contributed by atoms with Gasteiger partial charge in [-0.25, -0.2) is 22.0 Å². The van der Waals surface area contributed by atoms with Crippen molar-refractivity contribution in [3.8, 4) is 0 Å². The summed E-state index contributed by atoms with van der Waals surface area (Å²) < 4.78 is 59.3. The molecule has 7 nitrogen and oxygen atoms in total. The number of hydrogen-bond acceptors (Lipinski definition) is 6. The Morgan fingerprint density at radius 2 is 1.60 bits per heavy atom. The standard InChI is InChI=1S/C24H22F2N2O5S2/c1-33-24(30)22-19-4-2-3-5-20(19)34-23(22)27-21(29)14-28(17-10-6-15(25)7-11-17)35(31,32)18-12-8-16(26)9-13-18/h6-13H,2-5,14H2,1H3,(H,27,29). The van der Waals surface area contributed by atoms with Crippen molar-refractivity contribution >= 4 is 43.9 Å². The minimum Gasteiger partial charge on any atom is -0.465 e. The summed E-state index contributed by atoms with van der Waals surface area (Å²) in [4.78, 5) is 26.3. The number of thiophene rings is 1. The van der Waals surface area contributed by atoms with E-state index in [1.807, 2.05) is 0 Å². The highest BCUT2D eigenvalue weighted by Gasteiger charge is 2.30. The zero-order valence-corrected chi connectivity index (χ0v) is 20.3. The summed E-state index contributed by atoms with van der Waals surface area (Å²) in [5.41, 5.74) is 1.18. The molecule has 11 heteroatoms. The quantitative estimate of drug-likeness (QED) is 0.463. The van der Waals surface area contributed by atoms with Gasteiger partial charge in [-0.15, -0.1) is 11.3 Å². The molecular formula is C24H22F2N2O5S2. The molecule has 0 saturated heterocycles. The van der Waals surface area contributed by atoms with Gasteiger partial charge in [-0.1, -0.05) is 0 Å². The molecule has 2 aromatic carbocycles. The number of carbonyl (C=O) groups excluding carboxylic acids is 2. The van der Waals surface area contributed by atoms with E-state index < -0.39 is 40.1 Å². The summed E-state index contributed by atoms with van der Waals surface area (Å²) in [7, 11) is -3.05. The third-order valence-electron chi connectivity index (χ3n) is 5.62. The minimum absolute atomic E-state index is 0.0459. The lowest BCUT2D eigenvalue weighted by molar-refractivity contribution is -0.114. The monoisotopic (exact) mass is 520 g/mol. The molecular weight excluding hydrogens is 498 g/mol. The lowest BCUT2D eigenvalue weighted by Gasteiger charge is -2.24. The molecule has 0 fully saturated rings. The van der Waals surface area contributed by atoms with Crippen LogP contribution in [0.2, 0.25) is 0 Å². The summed E-state index contributed by atoms with van der Waals surface area (Å²) in [5, 5.41) is 2.96. The molecule has 1 N–H and O–H groups in total. The fourth-order valence-corrected chi connectivity index (χ4v) is 6.64. The number of halogens is 2. The maximum Gasteiger partial charge on any atom is 0.341 e. The third kappa shape index (κ3) is 5.20. The second-order valence-corrected chi connectivity index (χ2v) is 10.9. The van der Waals surface area contributed by atoms with Crippen molar-refractivity contribution in [2.24, 2.45) is 0 Å². The van der Waals surface area contributed by atoms with Crippen LogP contribution in [0.5, 0.6) is 0 Å². The van der Waals surface area contributed by atoms with E-state index in [1.54, 1.807) is 0 Å². The maximum atomic E-state index is 13.5. The van der Waals surface area contributed by atoms with E-state index in [-0.39, 0.29) is 16.1 Å². The van der Waals surface area contributed by atoms with Crippen molar-refractivity contribution in [2.45, 2.75) is 30.6 Å². The SMILES string of the molecule is COC(=O)c1c(NC(=O)CN(c2ccc(F)cc2)S(=O)(=O)c2ccc(F)cc2)sc2c1CCCC2. The average Bonchev–Trinajstić information content (AvgIpc) is 3.20. The number of anilines is 2. The van der Waals surface area contributed by atoms with Gasteiger partial charge in [0.15, 0.2) is 0 Å². The Hall–Kier alpha value is -3.31. The van der Waals surface area contributed by atoms with Crippen molar-refractivity contribution in [3.63, 3.8) is 0 Å². The Kier molecular flexibility index (Phi) is 7.18. The van der Waals surface area contributed by atoms with Gasteiger partial charge in [0.25, 0.3) is 10.0 Å². The first-order chi connectivity index (χ1) is 16.7. The van der Waals surface area contributed by atoms with Crippen LogP contribution in [0.3, 0.4) is 0 Å². The van der Waals surface area contributed by atoms with Crippen LogP contribution in [0.4, 0.5) is 19.5 Å². The van der Waals surface area contributed by atoms with E-state index in [0.29, 0.717) is 11.4 Å². The number of carbonyl (C=O) groups is 2. The number of aryl methyl sites for hydroxylation is 1. The summed E-state index contributed by atoms with van der Waals surface area (Å²) in [6.45, 7) is -0.658. The molecule has 35 heavy (non-hydrogen) atoms. The minimum atomic E-state index is -4.31. The van der Waals surface area contributed by atoms with E-state index in [4.69, 9.17) is 4.74 Å². The van der Waals surface area contributed by atoms with Crippen LogP contribution >= 0.6 is 11.3 Å². The second-order valence-electron chi connectivity index (χ2n) is 7.90. The zero-order valence-electron chi connectivity index (χ0n) is 18.7. The Morgan fingerprint density at radius 1 is 1.00 bits per heavy atom. The lowest BCUT2D eigenvalue weighted by atomic mass is 9.95. The van der Waals surface area contributed by atoms with E-state index in [2.05, 4.69) is 5.32 Å². The number of rotatable bonds is 7. The molecule has 184 valence electrons. The molecule has 0 radical (unpaired) electrons. The van der Waals surface area contributed by atoms with Crippen LogP contribution < -0.4 is 9.62 Å². The van der Waals surface area contributed by atoms with Gasteiger partial charge in [-0.3, -0.25) is 9.10 Å². The first-order valence-electron chi connectivity index (χ1n) is 10.8. The van der Waals surface area contributed by atoms with Gasteiger partial charge in [-0.05, 0) is 79.8 Å². The lowest BCUT2D eigenvalue weighted by Crippen LogP contribution is -2.38. The summed E-state index contributed by atoms with van der Waals surface area (Å²) in [6.07, 6.45) is 3.35. The Bertz CT molecular complexity index is 1350. The molecule has 0 spiro atoms. The summed E-state index contributed by atoms with van der Waals surface area (Å²) in [5.74, 6) is -2.48. The van der Waals surface area contributed by atoms with E-state index in [9.17, 15) is 26.8 Å². The van der Waals surface area contributed by atoms with Gasteiger partial charge < -0.3 is 10.1 Å². The Morgan fingerprint density at radius 3 is 2.23 bits per heavy atom. The molecule has 0 aliphatic heterocycles. The highest BCUT2D eigenvalue weighted by Crippen LogP contribution is 2.38. The van der Waals surface area contributed by atoms with Crippen molar-refractivity contribution in [1.82, 2.24) is 0 Å². The number of methoxy groups -OCH3 is 1. The van der Waals surface area contributed by atoms with Gasteiger partial charge in [0.2, 0.25) is 5.91 Å². The Balaban J connectivity index is 1.67. The van der Waals surface area contributed by atoms with Gasteiger partial charge in [0.05, 0.1) is 23.3 Å². The normalized spacial score (nSPS) is 13.1. The molecule has 1 amide bonds. The van der Waals surface area contributed by atoms with Gasteiger partial charge in [-0.2, -0.15) is 0 Å². The highest BCUT2D eigenvalue weighted by atomic mass is 32.2. The molecule has 0 unspecified atom stereocenters. The third-order valence-corrected chi connectivity index (χ3v) is 8.61. The fourth-order valence-electron chi connectivity index (χ4n) is 3.92. The first kappa shape index (κ1) is 24.8. The van der Waals surface area contributed by atoms with E-state index in [1.165, 1.54) is 30.6 Å². The second kappa shape index (κ2) is 10.1. The van der Waals surface area contributed by atoms with E-state index >= 15 is 0 Å². The van der Waals surface area contributed by atoms with Crippen LogP contribution in [-0.4, -0.2) is 33.9 Å². The maximum absolute atomic E-state index is 13.5. The summed E-state index contributed by atoms with van der Waals surface area (Å²) >= 11 is 1.27. The van der Waals surface area contributed by atoms with Gasteiger partial charge in [0, 0.05) is 4.88 Å². The van der Waals surface area contributed by atoms with Gasteiger partial charge >= 0.3 is 5.97 Å². The smallest absolute Gasteiger partial charge is 0.341 e. The first-order valence-corrected chi connectivity index (χ1v) is 13.0. The zero-order chi connectivity index (χ0) is 25.2. The number of nitrogens with zero attached hydrogens (tertiary/aromatic N) is 1. The van der Waals surface area contributed by atoms with Crippen molar-refractivity contribution in [3.05, 3.63) is 76.2 Å². The molecule has 0 bridgehead atoms. The average molecular weight is 521 g/mol. The number of ether oxygens (including phenoxy) is 1. The Labute approximate surface area is 205 Å². The van der Waals surface area contributed by atoms with Crippen molar-refractivity contribution in [2.75, 3.05) is 23.3 Å². The number of benzene rings is 2. The van der Waals surface area contributed by atoms with Crippen LogP contribution in [0, 0.1) is 11.6 Å². The highest BCUT2D eigenvalue weighted by molar-refractivity contribution is 7.92. The number of amides is 1. The van der Waals surface area contributed by atoms with Crippen LogP contribution in [0.25, 0.3) is 0 Å². The predicted molar refractivity (Wildman–Crippen MR) is 128 cm³/mol. The van der Waals surface area contributed by atoms with Crippen molar-refractivity contribution < 1.29 is 31.5 Å². The fraction of sp³-hybridized carbons (Fsp3) is 0.250. The summed E-state index contributed by atoms with van der Waals surface area (Å²) in [6, 6.07) is 8.76. The van der Waals surface area contributed by atoms with Crippen LogP contribution in [-0.2, 0) is 32.4 Å². The molecule has 1 aliphatic rings. The molecule has 1 heterocycles. The van der Waals surface area contributed by atoms with E-state index in [0.717, 1.165) is 70.4 Å². The number of esters is 1. The number of nitrogens with one attached hydrogen (secondary N) is 1. The molecule has 4 rings (SSSR count). The molecule has 3 aromatic rings. The largest absolute Gasteiger partial charge is 0.465 e. The van der Waals surface area contributed by atoms with Gasteiger partial charge in [0.1, 0.15) is 23.2 Å². The molecule has 0 atom stereocenters.